The zero-order chi connectivity index (χ0) is 15.2. The predicted molar refractivity (Wildman–Crippen MR) is 94.0 cm³/mol. The monoisotopic (exact) mass is 287 g/mol. The van der Waals surface area contributed by atoms with Crippen LogP contribution in [0.1, 0.15) is 16.7 Å². The van der Waals surface area contributed by atoms with E-state index in [0.29, 0.717) is 0 Å². The van der Waals surface area contributed by atoms with E-state index in [4.69, 9.17) is 0 Å². The van der Waals surface area contributed by atoms with Crippen molar-refractivity contribution in [2.75, 3.05) is 4.90 Å². The van der Waals surface area contributed by atoms with Crippen molar-refractivity contribution in [3.63, 3.8) is 0 Å². The van der Waals surface area contributed by atoms with Crippen molar-refractivity contribution in [2.45, 2.75) is 20.0 Å². The Kier molecular flexibility index (Phi) is 4.55. The van der Waals surface area contributed by atoms with E-state index in [9.17, 15) is 0 Å². The summed E-state index contributed by atoms with van der Waals surface area (Å²) in [6, 6.07) is 30.1. The summed E-state index contributed by atoms with van der Waals surface area (Å²) in [5.74, 6) is 0. The van der Waals surface area contributed by atoms with Gasteiger partial charge in [0.15, 0.2) is 0 Å². The van der Waals surface area contributed by atoms with Gasteiger partial charge in [0.05, 0.1) is 0 Å². The number of hydrogen-bond donors (Lipinski definition) is 0. The summed E-state index contributed by atoms with van der Waals surface area (Å²) < 4.78 is 0. The maximum Gasteiger partial charge on any atom is 0.0433 e. The zero-order valence-corrected chi connectivity index (χ0v) is 12.9. The molecule has 1 heteroatoms. The molecule has 0 spiro atoms. The fourth-order valence-electron chi connectivity index (χ4n) is 2.60. The van der Waals surface area contributed by atoms with E-state index in [2.05, 4.69) is 96.8 Å². The quantitative estimate of drug-likeness (QED) is 0.623. The van der Waals surface area contributed by atoms with Gasteiger partial charge in [-0.3, -0.25) is 0 Å². The molecule has 0 N–H and O–H groups in total. The number of aryl methyl sites for hydroxylation is 1. The molecule has 0 aromatic heterocycles. The molecule has 0 aliphatic carbocycles. The van der Waals surface area contributed by atoms with Gasteiger partial charge in [0.2, 0.25) is 0 Å². The third kappa shape index (κ3) is 3.76. The fourth-order valence-corrected chi connectivity index (χ4v) is 2.60. The van der Waals surface area contributed by atoms with Crippen molar-refractivity contribution in [2.24, 2.45) is 0 Å². The van der Waals surface area contributed by atoms with Gasteiger partial charge >= 0.3 is 0 Å². The van der Waals surface area contributed by atoms with Crippen LogP contribution in [-0.2, 0) is 13.1 Å². The van der Waals surface area contributed by atoms with E-state index in [1.807, 2.05) is 0 Å². The Bertz CT molecular complexity index is 645. The van der Waals surface area contributed by atoms with Gasteiger partial charge in [-0.05, 0) is 30.2 Å². The van der Waals surface area contributed by atoms with Gasteiger partial charge in [-0.2, -0.15) is 0 Å². The van der Waals surface area contributed by atoms with Crippen LogP contribution >= 0.6 is 0 Å². The van der Waals surface area contributed by atoms with Crippen molar-refractivity contribution in [3.8, 4) is 0 Å². The molecule has 3 aromatic carbocycles. The minimum absolute atomic E-state index is 0.915. The van der Waals surface area contributed by atoms with E-state index >= 15 is 0 Å². The molecule has 0 bridgehead atoms. The van der Waals surface area contributed by atoms with Crippen LogP contribution in [-0.4, -0.2) is 0 Å². The zero-order valence-electron chi connectivity index (χ0n) is 12.9. The molecule has 22 heavy (non-hydrogen) atoms. The average Bonchev–Trinajstić information content (AvgIpc) is 2.57. The fraction of sp³-hybridized carbons (Fsp3) is 0.143. The highest BCUT2D eigenvalue weighted by Gasteiger charge is 2.08. The number of hydrogen-bond acceptors (Lipinski definition) is 1. The molecule has 0 amide bonds. The Labute approximate surface area is 132 Å². The topological polar surface area (TPSA) is 3.24 Å². The first-order valence-corrected chi connectivity index (χ1v) is 7.71. The summed E-state index contributed by atoms with van der Waals surface area (Å²) >= 11 is 0. The lowest BCUT2D eigenvalue weighted by atomic mass is 10.1. The summed E-state index contributed by atoms with van der Waals surface area (Å²) in [6.45, 7) is 3.96. The first-order valence-electron chi connectivity index (χ1n) is 7.71. The van der Waals surface area contributed by atoms with Crippen LogP contribution in [0, 0.1) is 6.92 Å². The van der Waals surface area contributed by atoms with Gasteiger partial charge in [-0.25, -0.2) is 0 Å². The second-order valence-electron chi connectivity index (χ2n) is 5.66. The van der Waals surface area contributed by atoms with Gasteiger partial charge in [0, 0.05) is 18.8 Å². The average molecular weight is 287 g/mol. The summed E-state index contributed by atoms with van der Waals surface area (Å²) in [4.78, 5) is 2.42. The smallest absolute Gasteiger partial charge is 0.0433 e. The molecule has 0 aliphatic heterocycles. The Hall–Kier alpha value is -2.54. The SMILES string of the molecule is Cc1ccc(N(Cc2ccccc2)Cc2ccccc2)cc1. The summed E-state index contributed by atoms with van der Waals surface area (Å²) in [5, 5.41) is 0. The lowest BCUT2D eigenvalue weighted by molar-refractivity contribution is 0.800. The van der Waals surface area contributed by atoms with Crippen LogP contribution in [0.4, 0.5) is 5.69 Å². The summed E-state index contributed by atoms with van der Waals surface area (Å²) in [6.07, 6.45) is 0. The highest BCUT2D eigenvalue weighted by Crippen LogP contribution is 2.20. The first kappa shape index (κ1) is 14.4. The van der Waals surface area contributed by atoms with Gasteiger partial charge in [-0.1, -0.05) is 78.4 Å². The lowest BCUT2D eigenvalue weighted by Crippen LogP contribution is -2.22. The van der Waals surface area contributed by atoms with Crippen molar-refractivity contribution in [3.05, 3.63) is 102 Å². The normalized spacial score (nSPS) is 10.4. The first-order chi connectivity index (χ1) is 10.8. The van der Waals surface area contributed by atoms with E-state index in [-0.39, 0.29) is 0 Å². The van der Waals surface area contributed by atoms with Crippen molar-refractivity contribution >= 4 is 5.69 Å². The predicted octanol–water partition coefficient (Wildman–Crippen LogP) is 5.20. The van der Waals surface area contributed by atoms with Crippen LogP contribution < -0.4 is 4.90 Å². The maximum atomic E-state index is 2.42. The van der Waals surface area contributed by atoms with Gasteiger partial charge in [0.1, 0.15) is 0 Å². The van der Waals surface area contributed by atoms with Gasteiger partial charge < -0.3 is 4.90 Å². The third-order valence-electron chi connectivity index (χ3n) is 3.83. The second kappa shape index (κ2) is 6.95. The number of anilines is 1. The number of rotatable bonds is 5. The molecule has 0 aliphatic rings. The Morgan fingerprint density at radius 2 is 1.05 bits per heavy atom. The highest BCUT2D eigenvalue weighted by molar-refractivity contribution is 5.48. The molecule has 0 radical (unpaired) electrons. The Balaban J connectivity index is 1.86. The molecule has 0 heterocycles. The molecule has 0 atom stereocenters. The molecule has 3 aromatic rings. The van der Waals surface area contributed by atoms with Crippen molar-refractivity contribution in [1.29, 1.82) is 0 Å². The summed E-state index contributed by atoms with van der Waals surface area (Å²) in [7, 11) is 0. The summed E-state index contributed by atoms with van der Waals surface area (Å²) in [5.41, 5.74) is 5.22. The standard InChI is InChI=1S/C21H21N/c1-18-12-14-21(15-13-18)22(16-19-8-4-2-5-9-19)17-20-10-6-3-7-11-20/h2-15H,16-17H2,1H3. The maximum absolute atomic E-state index is 2.42. The minimum atomic E-state index is 0.915. The second-order valence-corrected chi connectivity index (χ2v) is 5.66. The van der Waals surface area contributed by atoms with E-state index in [0.717, 1.165) is 13.1 Å². The molecule has 0 unspecified atom stereocenters. The van der Waals surface area contributed by atoms with Crippen LogP contribution in [0.2, 0.25) is 0 Å². The highest BCUT2D eigenvalue weighted by atomic mass is 15.1. The van der Waals surface area contributed by atoms with Crippen molar-refractivity contribution in [1.82, 2.24) is 0 Å². The lowest BCUT2D eigenvalue weighted by Gasteiger charge is -2.25. The minimum Gasteiger partial charge on any atom is -0.363 e. The van der Waals surface area contributed by atoms with Crippen LogP contribution in [0.5, 0.6) is 0 Å². The van der Waals surface area contributed by atoms with Gasteiger partial charge in [0.25, 0.3) is 0 Å². The largest absolute Gasteiger partial charge is 0.363 e. The molecule has 1 nitrogen and oxygen atoms in total. The van der Waals surface area contributed by atoms with E-state index in [1.54, 1.807) is 0 Å². The number of benzene rings is 3. The van der Waals surface area contributed by atoms with Crippen molar-refractivity contribution < 1.29 is 0 Å². The molecule has 0 fully saturated rings. The number of nitrogens with zero attached hydrogens (tertiary/aromatic N) is 1. The molecule has 0 saturated heterocycles. The molecule has 110 valence electrons. The Morgan fingerprint density at radius 1 is 0.591 bits per heavy atom. The molecule has 0 saturated carbocycles. The van der Waals surface area contributed by atoms with Gasteiger partial charge in [-0.15, -0.1) is 0 Å². The van der Waals surface area contributed by atoms with Crippen LogP contribution in [0.15, 0.2) is 84.9 Å². The van der Waals surface area contributed by atoms with Crippen LogP contribution in [0.3, 0.4) is 0 Å². The third-order valence-corrected chi connectivity index (χ3v) is 3.83. The molecule has 3 rings (SSSR count). The molecular weight excluding hydrogens is 266 g/mol. The van der Waals surface area contributed by atoms with E-state index in [1.165, 1.54) is 22.4 Å². The Morgan fingerprint density at radius 3 is 1.50 bits per heavy atom. The van der Waals surface area contributed by atoms with Crippen LogP contribution in [0.25, 0.3) is 0 Å². The molecular formula is C21H21N. The van der Waals surface area contributed by atoms with E-state index < -0.39 is 0 Å².